The molecule has 0 aromatic rings. The molecule has 0 saturated heterocycles. The average molecular weight is 226 g/mol. The first-order valence-corrected chi connectivity index (χ1v) is 7.43. The second kappa shape index (κ2) is 7.32. The van der Waals surface area contributed by atoms with E-state index in [1.165, 1.54) is 38.5 Å². The molecule has 1 nitrogen and oxygen atoms in total. The van der Waals surface area contributed by atoms with E-state index in [0.29, 0.717) is 0 Å². The van der Waals surface area contributed by atoms with Crippen LogP contribution in [0.4, 0.5) is 0 Å². The van der Waals surface area contributed by atoms with Crippen molar-refractivity contribution in [1.29, 1.82) is 0 Å². The van der Waals surface area contributed by atoms with Gasteiger partial charge in [0, 0.05) is 0 Å². The first kappa shape index (κ1) is 14.0. The molecule has 1 N–H and O–H groups in total. The molecule has 0 aromatic heterocycles. The van der Waals surface area contributed by atoms with Crippen molar-refractivity contribution in [3.8, 4) is 0 Å². The zero-order valence-corrected chi connectivity index (χ0v) is 11.4. The van der Waals surface area contributed by atoms with Crippen molar-refractivity contribution in [2.45, 2.75) is 78.2 Å². The van der Waals surface area contributed by atoms with Crippen molar-refractivity contribution in [2.75, 3.05) is 0 Å². The molecule has 0 bridgehead atoms. The lowest BCUT2D eigenvalue weighted by Crippen LogP contribution is -2.26. The van der Waals surface area contributed by atoms with E-state index < -0.39 is 0 Å². The van der Waals surface area contributed by atoms with E-state index in [4.69, 9.17) is 0 Å². The first-order chi connectivity index (χ1) is 7.75. The third-order valence-corrected chi connectivity index (χ3v) is 4.47. The van der Waals surface area contributed by atoms with Crippen molar-refractivity contribution < 1.29 is 5.11 Å². The Bertz CT molecular complexity index is 142. The van der Waals surface area contributed by atoms with Gasteiger partial charge in [0.15, 0.2) is 0 Å². The summed E-state index contributed by atoms with van der Waals surface area (Å²) in [6.45, 7) is 6.39. The van der Waals surface area contributed by atoms with Crippen molar-refractivity contribution in [2.24, 2.45) is 17.8 Å². The number of aliphatic hydroxyl groups excluding tert-OH is 1. The SMILES string of the molecule is CC.CC1CCC(C2CCC(O)CC2)CC1. The molecule has 16 heavy (non-hydrogen) atoms. The van der Waals surface area contributed by atoms with Gasteiger partial charge in [-0.3, -0.25) is 0 Å². The predicted molar refractivity (Wildman–Crippen MR) is 70.4 cm³/mol. The maximum Gasteiger partial charge on any atom is 0.0540 e. The average Bonchev–Trinajstić information content (AvgIpc) is 2.34. The summed E-state index contributed by atoms with van der Waals surface area (Å²) >= 11 is 0. The van der Waals surface area contributed by atoms with Gasteiger partial charge in [0.25, 0.3) is 0 Å². The zero-order valence-electron chi connectivity index (χ0n) is 11.4. The summed E-state index contributed by atoms with van der Waals surface area (Å²) in [5.74, 6) is 2.92. The summed E-state index contributed by atoms with van der Waals surface area (Å²) in [6.07, 6.45) is 10.6. The molecule has 0 atom stereocenters. The van der Waals surface area contributed by atoms with Gasteiger partial charge in [-0.1, -0.05) is 33.6 Å². The van der Waals surface area contributed by atoms with E-state index >= 15 is 0 Å². The fraction of sp³-hybridized carbons (Fsp3) is 1.00. The molecule has 0 heterocycles. The lowest BCUT2D eigenvalue weighted by Gasteiger charge is -2.36. The largest absolute Gasteiger partial charge is 0.393 e. The van der Waals surface area contributed by atoms with Crippen LogP contribution in [0.5, 0.6) is 0 Å². The van der Waals surface area contributed by atoms with E-state index in [9.17, 15) is 5.11 Å². The molecule has 96 valence electrons. The van der Waals surface area contributed by atoms with Gasteiger partial charge < -0.3 is 5.11 Å². The number of hydrogen-bond donors (Lipinski definition) is 1. The molecule has 0 spiro atoms. The molecule has 1 heteroatoms. The van der Waals surface area contributed by atoms with Gasteiger partial charge in [0.1, 0.15) is 0 Å². The number of aliphatic hydroxyl groups is 1. The summed E-state index contributed by atoms with van der Waals surface area (Å²) in [5, 5.41) is 9.47. The number of hydrogen-bond acceptors (Lipinski definition) is 1. The van der Waals surface area contributed by atoms with Crippen molar-refractivity contribution in [1.82, 2.24) is 0 Å². The third-order valence-electron chi connectivity index (χ3n) is 4.47. The van der Waals surface area contributed by atoms with Gasteiger partial charge in [-0.2, -0.15) is 0 Å². The van der Waals surface area contributed by atoms with Crippen LogP contribution in [0.25, 0.3) is 0 Å². The summed E-state index contributed by atoms with van der Waals surface area (Å²) in [5.41, 5.74) is 0. The van der Waals surface area contributed by atoms with Gasteiger partial charge >= 0.3 is 0 Å². The van der Waals surface area contributed by atoms with Crippen LogP contribution in [0.3, 0.4) is 0 Å². The molecule has 0 aliphatic heterocycles. The predicted octanol–water partition coefficient (Wildman–Crippen LogP) is 4.39. The van der Waals surface area contributed by atoms with Crippen LogP contribution < -0.4 is 0 Å². The Kier molecular flexibility index (Phi) is 6.41. The van der Waals surface area contributed by atoms with Crippen LogP contribution in [-0.4, -0.2) is 11.2 Å². The maximum atomic E-state index is 9.47. The molecule has 0 unspecified atom stereocenters. The van der Waals surface area contributed by atoms with Crippen molar-refractivity contribution in [3.05, 3.63) is 0 Å². The minimum atomic E-state index is 0.0220. The molecule has 0 radical (unpaired) electrons. The maximum absolute atomic E-state index is 9.47. The topological polar surface area (TPSA) is 20.2 Å². The van der Waals surface area contributed by atoms with Gasteiger partial charge in [0.2, 0.25) is 0 Å². The van der Waals surface area contributed by atoms with E-state index in [2.05, 4.69) is 6.92 Å². The van der Waals surface area contributed by atoms with E-state index in [1.54, 1.807) is 0 Å². The molecule has 0 amide bonds. The van der Waals surface area contributed by atoms with Crippen molar-refractivity contribution >= 4 is 0 Å². The van der Waals surface area contributed by atoms with Crippen LogP contribution >= 0.6 is 0 Å². The number of rotatable bonds is 1. The van der Waals surface area contributed by atoms with Crippen LogP contribution in [0.2, 0.25) is 0 Å². The van der Waals surface area contributed by atoms with Gasteiger partial charge in [-0.15, -0.1) is 0 Å². The van der Waals surface area contributed by atoms with Crippen LogP contribution in [-0.2, 0) is 0 Å². The second-order valence-corrected chi connectivity index (χ2v) is 5.59. The van der Waals surface area contributed by atoms with E-state index in [-0.39, 0.29) is 6.10 Å². The normalized spacial score (nSPS) is 39.8. The van der Waals surface area contributed by atoms with Crippen LogP contribution in [0.15, 0.2) is 0 Å². The molecular weight excluding hydrogens is 196 g/mol. The Morgan fingerprint density at radius 2 is 1.06 bits per heavy atom. The minimum Gasteiger partial charge on any atom is -0.393 e. The molecule has 0 aromatic carbocycles. The highest BCUT2D eigenvalue weighted by Gasteiger charge is 2.29. The Morgan fingerprint density at radius 1 is 0.688 bits per heavy atom. The second-order valence-electron chi connectivity index (χ2n) is 5.59. The van der Waals surface area contributed by atoms with Gasteiger partial charge in [-0.25, -0.2) is 0 Å². The monoisotopic (exact) mass is 226 g/mol. The van der Waals surface area contributed by atoms with Gasteiger partial charge in [-0.05, 0) is 56.3 Å². The molecular formula is C15H30O. The molecule has 2 fully saturated rings. The fourth-order valence-corrected chi connectivity index (χ4v) is 3.33. The Hall–Kier alpha value is -0.0400. The zero-order chi connectivity index (χ0) is 12.0. The molecule has 2 aliphatic rings. The first-order valence-electron chi connectivity index (χ1n) is 7.43. The highest BCUT2D eigenvalue weighted by atomic mass is 16.3. The van der Waals surface area contributed by atoms with Crippen LogP contribution in [0, 0.1) is 17.8 Å². The Balaban J connectivity index is 0.000000606. The third kappa shape index (κ3) is 4.08. The summed E-state index contributed by atoms with van der Waals surface area (Å²) in [6, 6.07) is 0. The quantitative estimate of drug-likeness (QED) is 0.703. The molecule has 2 saturated carbocycles. The smallest absolute Gasteiger partial charge is 0.0540 e. The Labute approximate surface area is 102 Å². The Morgan fingerprint density at radius 3 is 1.50 bits per heavy atom. The molecule has 2 rings (SSSR count). The summed E-state index contributed by atoms with van der Waals surface area (Å²) in [4.78, 5) is 0. The van der Waals surface area contributed by atoms with Crippen LogP contribution in [0.1, 0.15) is 72.1 Å². The standard InChI is InChI=1S/C13H24O.C2H6/c1-10-2-4-11(5-3-10)12-6-8-13(14)9-7-12;1-2/h10-14H,2-9H2,1H3;1-2H3. The van der Waals surface area contributed by atoms with E-state index in [1.807, 2.05) is 13.8 Å². The summed E-state index contributed by atoms with van der Waals surface area (Å²) < 4.78 is 0. The molecule has 2 aliphatic carbocycles. The lowest BCUT2D eigenvalue weighted by atomic mass is 9.71. The summed E-state index contributed by atoms with van der Waals surface area (Å²) in [7, 11) is 0. The van der Waals surface area contributed by atoms with Crippen molar-refractivity contribution in [3.63, 3.8) is 0 Å². The highest BCUT2D eigenvalue weighted by Crippen LogP contribution is 2.39. The fourth-order valence-electron chi connectivity index (χ4n) is 3.33. The van der Waals surface area contributed by atoms with Gasteiger partial charge in [0.05, 0.1) is 6.10 Å². The lowest BCUT2D eigenvalue weighted by molar-refractivity contribution is 0.0780. The highest BCUT2D eigenvalue weighted by molar-refractivity contribution is 4.80. The minimum absolute atomic E-state index is 0.0220. The van der Waals surface area contributed by atoms with E-state index in [0.717, 1.165) is 30.6 Å².